The number of aliphatic carboxylic acids is 1. The van der Waals surface area contributed by atoms with Gasteiger partial charge in [-0.2, -0.15) is 4.31 Å². The van der Waals surface area contributed by atoms with Crippen molar-refractivity contribution in [2.75, 3.05) is 26.9 Å². The van der Waals surface area contributed by atoms with Crippen LogP contribution in [0.1, 0.15) is 6.42 Å². The number of carbonyl (C=O) groups is 1. The second kappa shape index (κ2) is 6.82. The van der Waals surface area contributed by atoms with Crippen LogP contribution in [0.15, 0.2) is 23.1 Å². The quantitative estimate of drug-likeness (QED) is 0.795. The first-order chi connectivity index (χ1) is 10.4. The number of methoxy groups -OCH3 is 1. The van der Waals surface area contributed by atoms with Crippen molar-refractivity contribution in [2.45, 2.75) is 17.4 Å². The topological polar surface area (TPSA) is 93.1 Å². The van der Waals surface area contributed by atoms with Gasteiger partial charge in [0.25, 0.3) is 0 Å². The molecule has 1 unspecified atom stereocenters. The summed E-state index contributed by atoms with van der Waals surface area (Å²) in [5.41, 5.74) is 0. The zero-order chi connectivity index (χ0) is 16.3. The number of hydrogen-bond acceptors (Lipinski definition) is 5. The van der Waals surface area contributed by atoms with Crippen LogP contribution in [-0.4, -0.2) is 56.7 Å². The highest BCUT2D eigenvalue weighted by molar-refractivity contribution is 7.89. The number of rotatable bonds is 7. The van der Waals surface area contributed by atoms with Gasteiger partial charge in [0, 0.05) is 19.7 Å². The van der Waals surface area contributed by atoms with Crippen molar-refractivity contribution in [2.24, 2.45) is 0 Å². The van der Waals surface area contributed by atoms with E-state index in [1.54, 1.807) is 0 Å². The summed E-state index contributed by atoms with van der Waals surface area (Å²) in [5.74, 6) is -1.02. The minimum absolute atomic E-state index is 0.0426. The van der Waals surface area contributed by atoms with Crippen molar-refractivity contribution in [3.8, 4) is 5.75 Å². The van der Waals surface area contributed by atoms with Gasteiger partial charge in [-0.3, -0.25) is 0 Å². The maximum atomic E-state index is 12.5. The molecule has 1 saturated heterocycles. The van der Waals surface area contributed by atoms with Gasteiger partial charge in [-0.25, -0.2) is 13.2 Å². The number of ether oxygens (including phenoxy) is 2. The van der Waals surface area contributed by atoms with E-state index < -0.39 is 22.6 Å². The number of sulfonamides is 1. The standard InChI is InChI=1S/C13H16ClNO6S/c1-20-7-9-4-5-15(9)22(18,19)10-2-3-12(11(14)6-10)21-8-13(16)17/h2-3,6,9H,4-5,7-8H2,1H3,(H,16,17). The normalized spacial score (nSPS) is 18.7. The van der Waals surface area contributed by atoms with Crippen LogP contribution in [0.2, 0.25) is 5.02 Å². The van der Waals surface area contributed by atoms with Gasteiger partial charge >= 0.3 is 5.97 Å². The van der Waals surface area contributed by atoms with E-state index in [2.05, 4.69) is 0 Å². The lowest BCUT2D eigenvalue weighted by Crippen LogP contribution is -2.52. The van der Waals surface area contributed by atoms with Gasteiger partial charge in [0.15, 0.2) is 6.61 Å². The summed E-state index contributed by atoms with van der Waals surface area (Å²) in [4.78, 5) is 10.5. The molecule has 0 saturated carbocycles. The van der Waals surface area contributed by atoms with Crippen molar-refractivity contribution in [1.29, 1.82) is 0 Å². The van der Waals surface area contributed by atoms with E-state index in [4.69, 9.17) is 26.2 Å². The lowest BCUT2D eigenvalue weighted by atomic mass is 10.1. The first kappa shape index (κ1) is 17.0. The van der Waals surface area contributed by atoms with E-state index in [1.807, 2.05) is 0 Å². The fraction of sp³-hybridized carbons (Fsp3) is 0.462. The maximum absolute atomic E-state index is 12.5. The molecule has 0 spiro atoms. The molecule has 1 aliphatic rings. The predicted octanol–water partition coefficient (Wildman–Crippen LogP) is 1.21. The molecule has 9 heteroatoms. The fourth-order valence-electron chi connectivity index (χ4n) is 2.13. The minimum atomic E-state index is -3.65. The Kier molecular flexibility index (Phi) is 5.28. The molecule has 2 rings (SSSR count). The molecule has 0 bridgehead atoms. The number of nitrogens with zero attached hydrogens (tertiary/aromatic N) is 1. The van der Waals surface area contributed by atoms with Crippen LogP contribution in [0.25, 0.3) is 0 Å². The zero-order valence-electron chi connectivity index (χ0n) is 11.9. The molecule has 1 aromatic rings. The SMILES string of the molecule is COCC1CCN1S(=O)(=O)c1ccc(OCC(=O)O)c(Cl)c1. The van der Waals surface area contributed by atoms with Crippen LogP contribution in [0, 0.1) is 0 Å². The van der Waals surface area contributed by atoms with Crippen LogP contribution in [0.4, 0.5) is 0 Å². The van der Waals surface area contributed by atoms with Gasteiger partial charge < -0.3 is 14.6 Å². The van der Waals surface area contributed by atoms with E-state index in [1.165, 1.54) is 29.6 Å². The van der Waals surface area contributed by atoms with Crippen LogP contribution in [-0.2, 0) is 19.6 Å². The Morgan fingerprint density at radius 2 is 2.23 bits per heavy atom. The Morgan fingerprint density at radius 1 is 1.50 bits per heavy atom. The number of halogens is 1. The lowest BCUT2D eigenvalue weighted by Gasteiger charge is -2.39. The van der Waals surface area contributed by atoms with E-state index in [0.29, 0.717) is 13.2 Å². The highest BCUT2D eigenvalue weighted by atomic mass is 35.5. The third-order valence-electron chi connectivity index (χ3n) is 3.31. The average Bonchev–Trinajstić information content (AvgIpc) is 2.41. The molecule has 1 N–H and O–H groups in total. The van der Waals surface area contributed by atoms with E-state index >= 15 is 0 Å². The molecule has 7 nitrogen and oxygen atoms in total. The third kappa shape index (κ3) is 3.52. The molecule has 22 heavy (non-hydrogen) atoms. The summed E-state index contributed by atoms with van der Waals surface area (Å²) < 4.78 is 36.3. The Balaban J connectivity index is 2.18. The highest BCUT2D eigenvalue weighted by Crippen LogP contribution is 2.32. The number of hydrogen-bond donors (Lipinski definition) is 1. The number of carboxylic acids is 1. The Labute approximate surface area is 133 Å². The Bertz CT molecular complexity index is 662. The van der Waals surface area contributed by atoms with Gasteiger partial charge in [0.2, 0.25) is 10.0 Å². The monoisotopic (exact) mass is 349 g/mol. The van der Waals surface area contributed by atoms with Gasteiger partial charge in [-0.05, 0) is 24.6 Å². The number of benzene rings is 1. The van der Waals surface area contributed by atoms with Crippen LogP contribution < -0.4 is 4.74 Å². The summed E-state index contributed by atoms with van der Waals surface area (Å²) >= 11 is 5.96. The fourth-order valence-corrected chi connectivity index (χ4v) is 4.11. The summed E-state index contributed by atoms with van der Waals surface area (Å²) in [6.07, 6.45) is 0.751. The summed E-state index contributed by atoms with van der Waals surface area (Å²) in [6.45, 7) is 0.228. The van der Waals surface area contributed by atoms with Gasteiger partial charge in [0.05, 0.1) is 16.5 Å². The number of carboxylic acid groups (broad SMARTS) is 1. The molecule has 1 aliphatic heterocycles. The highest BCUT2D eigenvalue weighted by Gasteiger charge is 2.38. The molecule has 1 fully saturated rings. The average molecular weight is 350 g/mol. The predicted molar refractivity (Wildman–Crippen MR) is 78.8 cm³/mol. The second-order valence-corrected chi connectivity index (χ2v) is 7.09. The van der Waals surface area contributed by atoms with Gasteiger partial charge in [-0.15, -0.1) is 0 Å². The Morgan fingerprint density at radius 3 is 2.73 bits per heavy atom. The lowest BCUT2D eigenvalue weighted by molar-refractivity contribution is -0.139. The first-order valence-electron chi connectivity index (χ1n) is 6.51. The van der Waals surface area contributed by atoms with Crippen molar-refractivity contribution in [3.63, 3.8) is 0 Å². The molecule has 1 aromatic carbocycles. The first-order valence-corrected chi connectivity index (χ1v) is 8.33. The maximum Gasteiger partial charge on any atom is 0.341 e. The Hall–Kier alpha value is -1.35. The van der Waals surface area contributed by atoms with Crippen molar-refractivity contribution >= 4 is 27.6 Å². The molecular formula is C13H16ClNO6S. The summed E-state index contributed by atoms with van der Waals surface area (Å²) in [5, 5.41) is 8.61. The van der Waals surface area contributed by atoms with Crippen LogP contribution in [0.3, 0.4) is 0 Å². The largest absolute Gasteiger partial charge is 0.480 e. The van der Waals surface area contributed by atoms with Crippen molar-refractivity contribution < 1.29 is 27.8 Å². The van der Waals surface area contributed by atoms with Gasteiger partial charge in [-0.1, -0.05) is 11.6 Å². The molecule has 122 valence electrons. The molecule has 0 aliphatic carbocycles. The third-order valence-corrected chi connectivity index (χ3v) is 5.55. The molecule has 0 amide bonds. The second-order valence-electron chi connectivity index (χ2n) is 4.79. The van der Waals surface area contributed by atoms with E-state index in [0.717, 1.165) is 6.42 Å². The van der Waals surface area contributed by atoms with Crippen molar-refractivity contribution in [3.05, 3.63) is 23.2 Å². The molecular weight excluding hydrogens is 334 g/mol. The van der Waals surface area contributed by atoms with E-state index in [9.17, 15) is 13.2 Å². The molecule has 1 atom stereocenters. The van der Waals surface area contributed by atoms with Gasteiger partial charge in [0.1, 0.15) is 5.75 Å². The molecule has 0 radical (unpaired) electrons. The van der Waals surface area contributed by atoms with Crippen LogP contribution >= 0.6 is 11.6 Å². The van der Waals surface area contributed by atoms with Crippen molar-refractivity contribution in [1.82, 2.24) is 4.31 Å². The molecule has 0 aromatic heterocycles. The van der Waals surface area contributed by atoms with E-state index in [-0.39, 0.29) is 21.7 Å². The summed E-state index contributed by atoms with van der Waals surface area (Å²) in [6, 6.07) is 3.79. The van der Waals surface area contributed by atoms with Crippen LogP contribution in [0.5, 0.6) is 5.75 Å². The summed E-state index contributed by atoms with van der Waals surface area (Å²) in [7, 11) is -2.12. The molecule has 1 heterocycles. The zero-order valence-corrected chi connectivity index (χ0v) is 13.4. The minimum Gasteiger partial charge on any atom is -0.480 e. The smallest absolute Gasteiger partial charge is 0.341 e.